The van der Waals surface area contributed by atoms with Crippen molar-refractivity contribution in [2.45, 2.75) is 6.54 Å². The molecule has 0 aliphatic rings. The van der Waals surface area contributed by atoms with Crippen LogP contribution in [0.5, 0.6) is 0 Å². The van der Waals surface area contributed by atoms with Gasteiger partial charge in [0.05, 0.1) is 6.20 Å². The van der Waals surface area contributed by atoms with E-state index in [1.54, 1.807) is 12.4 Å². The molecule has 0 fully saturated rings. The number of nitrogen functional groups attached to an aromatic ring is 1. The first-order valence-corrected chi connectivity index (χ1v) is 6.18. The smallest absolute Gasteiger partial charge is 0.180 e. The van der Waals surface area contributed by atoms with E-state index < -0.39 is 0 Å². The van der Waals surface area contributed by atoms with E-state index in [2.05, 4.69) is 15.3 Å². The van der Waals surface area contributed by atoms with E-state index in [-0.39, 0.29) is 0 Å². The first-order chi connectivity index (χ1) is 9.24. The van der Waals surface area contributed by atoms with Crippen LogP contribution >= 0.6 is 11.6 Å². The Balaban J connectivity index is 1.90. The van der Waals surface area contributed by atoms with E-state index in [1.165, 1.54) is 0 Å². The van der Waals surface area contributed by atoms with Crippen molar-refractivity contribution in [3.63, 3.8) is 0 Å². The number of halogens is 1. The van der Waals surface area contributed by atoms with E-state index >= 15 is 0 Å². The molecule has 6 heteroatoms. The summed E-state index contributed by atoms with van der Waals surface area (Å²) in [5.41, 5.74) is 7.49. The second-order valence-corrected chi connectivity index (χ2v) is 4.52. The zero-order valence-electron chi connectivity index (χ0n) is 10.0. The Labute approximate surface area is 115 Å². The molecule has 0 spiro atoms. The molecule has 0 atom stereocenters. The predicted molar refractivity (Wildman–Crippen MR) is 76.2 cm³/mol. The van der Waals surface area contributed by atoms with Gasteiger partial charge in [-0.15, -0.1) is 0 Å². The summed E-state index contributed by atoms with van der Waals surface area (Å²) in [5, 5.41) is 3.93. The fraction of sp³-hybridized carbons (Fsp3) is 0.0769. The van der Waals surface area contributed by atoms with Crippen LogP contribution in [0, 0.1) is 0 Å². The number of fused-ring (bicyclic) bond motifs is 1. The third-order valence-corrected chi connectivity index (χ3v) is 3.17. The molecule has 3 aromatic rings. The van der Waals surface area contributed by atoms with Gasteiger partial charge in [-0.1, -0.05) is 29.8 Å². The highest BCUT2D eigenvalue weighted by molar-refractivity contribution is 6.31. The predicted octanol–water partition coefficient (Wildman–Crippen LogP) is 2.58. The van der Waals surface area contributed by atoms with Gasteiger partial charge in [0, 0.05) is 24.0 Å². The minimum absolute atomic E-state index is 0.437. The van der Waals surface area contributed by atoms with Gasteiger partial charge in [0.15, 0.2) is 11.5 Å². The molecule has 0 saturated heterocycles. The molecule has 0 amide bonds. The summed E-state index contributed by atoms with van der Waals surface area (Å²) in [6.07, 6.45) is 5.26. The Kier molecular flexibility index (Phi) is 2.97. The number of anilines is 2. The van der Waals surface area contributed by atoms with Gasteiger partial charge in [-0.2, -0.15) is 0 Å². The zero-order valence-corrected chi connectivity index (χ0v) is 10.8. The molecule has 0 saturated carbocycles. The first-order valence-electron chi connectivity index (χ1n) is 5.80. The van der Waals surface area contributed by atoms with Crippen LogP contribution in [0.1, 0.15) is 5.56 Å². The molecular weight excluding hydrogens is 262 g/mol. The third-order valence-electron chi connectivity index (χ3n) is 2.80. The number of hydrogen-bond acceptors (Lipinski definition) is 4. The van der Waals surface area contributed by atoms with Crippen LogP contribution in [-0.2, 0) is 6.54 Å². The Bertz CT molecular complexity index is 722. The number of nitrogens with two attached hydrogens (primary N) is 1. The van der Waals surface area contributed by atoms with Crippen LogP contribution in [0.2, 0.25) is 5.02 Å². The summed E-state index contributed by atoms with van der Waals surface area (Å²) in [6, 6.07) is 7.67. The topological polar surface area (TPSA) is 68.2 Å². The van der Waals surface area contributed by atoms with Crippen molar-refractivity contribution in [2.24, 2.45) is 0 Å². The molecule has 96 valence electrons. The second-order valence-electron chi connectivity index (χ2n) is 4.12. The van der Waals surface area contributed by atoms with Crippen molar-refractivity contribution in [3.05, 3.63) is 53.4 Å². The molecule has 5 nitrogen and oxygen atoms in total. The van der Waals surface area contributed by atoms with Crippen LogP contribution in [0.15, 0.2) is 42.9 Å². The van der Waals surface area contributed by atoms with Gasteiger partial charge in [-0.05, 0) is 11.6 Å². The van der Waals surface area contributed by atoms with Crippen LogP contribution in [0.25, 0.3) is 5.65 Å². The SMILES string of the molecule is Nc1cn2ccnc2c(NCc2ccccc2Cl)n1. The molecule has 0 unspecified atom stereocenters. The van der Waals surface area contributed by atoms with Crippen molar-refractivity contribution in [1.29, 1.82) is 0 Å². The lowest BCUT2D eigenvalue weighted by atomic mass is 10.2. The monoisotopic (exact) mass is 273 g/mol. The quantitative estimate of drug-likeness (QED) is 0.770. The Morgan fingerprint density at radius 1 is 1.32 bits per heavy atom. The van der Waals surface area contributed by atoms with Crippen molar-refractivity contribution < 1.29 is 0 Å². The maximum atomic E-state index is 6.11. The van der Waals surface area contributed by atoms with E-state index in [0.29, 0.717) is 18.2 Å². The van der Waals surface area contributed by atoms with Crippen molar-refractivity contribution in [2.75, 3.05) is 11.1 Å². The summed E-state index contributed by atoms with van der Waals surface area (Å²) in [5.74, 6) is 1.08. The molecule has 1 aromatic carbocycles. The minimum Gasteiger partial charge on any atom is -0.382 e. The van der Waals surface area contributed by atoms with Crippen molar-refractivity contribution in [3.8, 4) is 0 Å². The number of imidazole rings is 1. The third kappa shape index (κ3) is 2.32. The summed E-state index contributed by atoms with van der Waals surface area (Å²) < 4.78 is 1.83. The summed E-state index contributed by atoms with van der Waals surface area (Å²) in [4.78, 5) is 8.50. The van der Waals surface area contributed by atoms with E-state index in [9.17, 15) is 0 Å². The average molecular weight is 274 g/mol. The number of aromatic nitrogens is 3. The molecule has 0 aliphatic carbocycles. The average Bonchev–Trinajstić information content (AvgIpc) is 2.85. The highest BCUT2D eigenvalue weighted by Crippen LogP contribution is 2.19. The molecule has 0 radical (unpaired) electrons. The van der Waals surface area contributed by atoms with Gasteiger partial charge < -0.3 is 15.5 Å². The number of rotatable bonds is 3. The maximum Gasteiger partial charge on any atom is 0.180 e. The van der Waals surface area contributed by atoms with Gasteiger partial charge in [-0.25, -0.2) is 9.97 Å². The van der Waals surface area contributed by atoms with Gasteiger partial charge in [0.1, 0.15) is 5.82 Å². The largest absolute Gasteiger partial charge is 0.382 e. The zero-order chi connectivity index (χ0) is 13.2. The van der Waals surface area contributed by atoms with E-state index in [0.717, 1.165) is 16.2 Å². The normalized spacial score (nSPS) is 10.8. The minimum atomic E-state index is 0.437. The number of nitrogens with zero attached hydrogens (tertiary/aromatic N) is 3. The fourth-order valence-electron chi connectivity index (χ4n) is 1.89. The van der Waals surface area contributed by atoms with Crippen LogP contribution < -0.4 is 11.1 Å². The highest BCUT2D eigenvalue weighted by atomic mass is 35.5. The van der Waals surface area contributed by atoms with Gasteiger partial charge in [0.2, 0.25) is 0 Å². The molecule has 0 aliphatic heterocycles. The molecule has 2 aromatic heterocycles. The first kappa shape index (κ1) is 11.8. The Morgan fingerprint density at radius 2 is 2.16 bits per heavy atom. The van der Waals surface area contributed by atoms with Gasteiger partial charge >= 0.3 is 0 Å². The van der Waals surface area contributed by atoms with Crippen molar-refractivity contribution >= 4 is 28.9 Å². The standard InChI is InChI=1S/C13H12ClN5/c14-10-4-2-1-3-9(10)7-17-12-13-16-5-6-19(13)8-11(15)18-12/h1-6,8H,7,15H2,(H,17,18). The molecule has 0 bridgehead atoms. The fourth-order valence-corrected chi connectivity index (χ4v) is 2.09. The van der Waals surface area contributed by atoms with Crippen LogP contribution in [0.4, 0.5) is 11.6 Å². The molecule has 2 heterocycles. The number of nitrogens with one attached hydrogen (secondary N) is 1. The van der Waals surface area contributed by atoms with Gasteiger partial charge in [-0.3, -0.25) is 0 Å². The lowest BCUT2D eigenvalue weighted by Gasteiger charge is -2.09. The molecule has 3 N–H and O–H groups in total. The van der Waals surface area contributed by atoms with Crippen LogP contribution in [0.3, 0.4) is 0 Å². The van der Waals surface area contributed by atoms with Crippen LogP contribution in [-0.4, -0.2) is 14.4 Å². The molecule has 19 heavy (non-hydrogen) atoms. The van der Waals surface area contributed by atoms with E-state index in [1.807, 2.05) is 34.9 Å². The Morgan fingerprint density at radius 3 is 3.00 bits per heavy atom. The molecular formula is C13H12ClN5. The summed E-state index contributed by atoms with van der Waals surface area (Å²) in [6.45, 7) is 0.568. The second kappa shape index (κ2) is 4.78. The highest BCUT2D eigenvalue weighted by Gasteiger charge is 2.06. The lowest BCUT2D eigenvalue weighted by molar-refractivity contribution is 1.08. The summed E-state index contributed by atoms with van der Waals surface area (Å²) in [7, 11) is 0. The lowest BCUT2D eigenvalue weighted by Crippen LogP contribution is -2.06. The maximum absolute atomic E-state index is 6.11. The number of benzene rings is 1. The summed E-state index contributed by atoms with van der Waals surface area (Å²) >= 11 is 6.11. The van der Waals surface area contributed by atoms with Crippen molar-refractivity contribution in [1.82, 2.24) is 14.4 Å². The number of hydrogen-bond donors (Lipinski definition) is 2. The Hall–Kier alpha value is -2.27. The van der Waals surface area contributed by atoms with E-state index in [4.69, 9.17) is 17.3 Å². The molecule has 3 rings (SSSR count). The van der Waals surface area contributed by atoms with Gasteiger partial charge in [0.25, 0.3) is 0 Å².